The molecule has 0 aromatic heterocycles. The number of hydrogen-bond acceptors (Lipinski definition) is 3. The zero-order chi connectivity index (χ0) is 14.7. The van der Waals surface area contributed by atoms with Gasteiger partial charge in [-0.25, -0.2) is 0 Å². The molecule has 4 heteroatoms. The lowest BCUT2D eigenvalue weighted by Gasteiger charge is -2.39. The summed E-state index contributed by atoms with van der Waals surface area (Å²) < 4.78 is 11.7. The lowest BCUT2D eigenvalue weighted by molar-refractivity contribution is -0.150. The summed E-state index contributed by atoms with van der Waals surface area (Å²) in [7, 11) is 0. The van der Waals surface area contributed by atoms with E-state index in [4.69, 9.17) is 9.47 Å². The fourth-order valence-electron chi connectivity index (χ4n) is 3.98. The summed E-state index contributed by atoms with van der Waals surface area (Å²) in [5.74, 6) is 0.290. The average Bonchev–Trinajstić information content (AvgIpc) is 2.92. The monoisotopic (exact) mass is 293 g/mol. The number of hydrogen-bond donors (Lipinski definition) is 0. The molecule has 118 valence electrons. The zero-order valence-electron chi connectivity index (χ0n) is 13.1. The van der Waals surface area contributed by atoms with Crippen LogP contribution in [-0.4, -0.2) is 48.8 Å². The van der Waals surface area contributed by atoms with Gasteiger partial charge in [0.05, 0.1) is 18.8 Å². The van der Waals surface area contributed by atoms with Gasteiger partial charge in [0.25, 0.3) is 0 Å². The van der Waals surface area contributed by atoms with E-state index in [1.165, 1.54) is 18.4 Å². The second kappa shape index (κ2) is 6.93. The molecular formula is C17H27NO3. The predicted molar refractivity (Wildman–Crippen MR) is 81.1 cm³/mol. The number of carbonyl (C=O) groups excluding carboxylic acids is 1. The maximum Gasteiger partial charge on any atom is 0.227 e. The van der Waals surface area contributed by atoms with Gasteiger partial charge in [0.1, 0.15) is 6.10 Å². The van der Waals surface area contributed by atoms with Crippen molar-refractivity contribution in [1.82, 2.24) is 4.90 Å². The Morgan fingerprint density at radius 1 is 1.43 bits per heavy atom. The summed E-state index contributed by atoms with van der Waals surface area (Å²) in [4.78, 5) is 14.7. The van der Waals surface area contributed by atoms with E-state index in [1.54, 1.807) is 0 Å². The molecule has 0 aromatic rings. The Kier molecular flexibility index (Phi) is 4.96. The molecule has 1 saturated heterocycles. The molecule has 0 unspecified atom stereocenters. The van der Waals surface area contributed by atoms with Crippen LogP contribution in [0.2, 0.25) is 0 Å². The highest BCUT2D eigenvalue weighted by molar-refractivity contribution is 5.79. The average molecular weight is 293 g/mol. The topological polar surface area (TPSA) is 38.8 Å². The third-order valence-corrected chi connectivity index (χ3v) is 5.00. The van der Waals surface area contributed by atoms with E-state index in [-0.39, 0.29) is 18.2 Å². The van der Waals surface area contributed by atoms with Crippen LogP contribution in [0.5, 0.6) is 0 Å². The van der Waals surface area contributed by atoms with E-state index >= 15 is 0 Å². The SMILES string of the molecule is CCO[C@H]1CC[C@H]2[C@H]1OCCN2C(=O)CC1=CCCCC1. The second-order valence-electron chi connectivity index (χ2n) is 6.35. The van der Waals surface area contributed by atoms with Gasteiger partial charge in [-0.2, -0.15) is 0 Å². The van der Waals surface area contributed by atoms with Crippen LogP contribution in [0.15, 0.2) is 11.6 Å². The van der Waals surface area contributed by atoms with E-state index in [1.807, 2.05) is 6.92 Å². The highest BCUT2D eigenvalue weighted by Gasteiger charge is 2.44. The number of ether oxygens (including phenoxy) is 2. The van der Waals surface area contributed by atoms with Crippen molar-refractivity contribution < 1.29 is 14.3 Å². The van der Waals surface area contributed by atoms with Crippen molar-refractivity contribution in [2.24, 2.45) is 0 Å². The first kappa shape index (κ1) is 15.0. The van der Waals surface area contributed by atoms with Gasteiger partial charge >= 0.3 is 0 Å². The van der Waals surface area contributed by atoms with E-state index in [9.17, 15) is 4.79 Å². The summed E-state index contributed by atoms with van der Waals surface area (Å²) in [6.45, 7) is 4.13. The zero-order valence-corrected chi connectivity index (χ0v) is 13.1. The van der Waals surface area contributed by atoms with Gasteiger partial charge in [0.2, 0.25) is 5.91 Å². The van der Waals surface area contributed by atoms with Crippen molar-refractivity contribution in [2.75, 3.05) is 19.8 Å². The molecule has 1 saturated carbocycles. The molecule has 0 bridgehead atoms. The van der Waals surface area contributed by atoms with E-state index in [0.717, 1.165) is 38.8 Å². The molecule has 21 heavy (non-hydrogen) atoms. The van der Waals surface area contributed by atoms with Crippen molar-refractivity contribution in [3.63, 3.8) is 0 Å². The molecule has 0 aromatic carbocycles. The van der Waals surface area contributed by atoms with Gasteiger partial charge in [0.15, 0.2) is 0 Å². The lowest BCUT2D eigenvalue weighted by atomic mass is 9.96. The third kappa shape index (κ3) is 3.32. The Labute approximate surface area is 127 Å². The van der Waals surface area contributed by atoms with E-state index in [0.29, 0.717) is 18.9 Å². The molecular weight excluding hydrogens is 266 g/mol. The molecule has 3 aliphatic rings. The molecule has 1 aliphatic heterocycles. The van der Waals surface area contributed by atoms with E-state index < -0.39 is 0 Å². The minimum absolute atomic E-state index is 0.0861. The quantitative estimate of drug-likeness (QED) is 0.748. The normalized spacial score (nSPS) is 32.7. The molecule has 4 nitrogen and oxygen atoms in total. The number of rotatable bonds is 4. The molecule has 0 radical (unpaired) electrons. The Morgan fingerprint density at radius 2 is 2.33 bits per heavy atom. The van der Waals surface area contributed by atoms with Crippen LogP contribution in [0.4, 0.5) is 0 Å². The van der Waals surface area contributed by atoms with Crippen LogP contribution >= 0.6 is 0 Å². The minimum atomic E-state index is 0.0861. The summed E-state index contributed by atoms with van der Waals surface area (Å²) >= 11 is 0. The maximum atomic E-state index is 12.7. The van der Waals surface area contributed by atoms with Crippen molar-refractivity contribution in [3.05, 3.63) is 11.6 Å². The molecule has 2 fully saturated rings. The predicted octanol–water partition coefficient (Wildman–Crippen LogP) is 2.67. The van der Waals surface area contributed by atoms with Crippen LogP contribution in [0.3, 0.4) is 0 Å². The molecule has 0 N–H and O–H groups in total. The number of nitrogens with zero attached hydrogens (tertiary/aromatic N) is 1. The minimum Gasteiger partial charge on any atom is -0.376 e. The fraction of sp³-hybridized carbons (Fsp3) is 0.824. The van der Waals surface area contributed by atoms with Crippen LogP contribution in [0.25, 0.3) is 0 Å². The summed E-state index contributed by atoms with van der Waals surface area (Å²) in [5.41, 5.74) is 1.34. The lowest BCUT2D eigenvalue weighted by Crippen LogP contribution is -2.53. The van der Waals surface area contributed by atoms with Crippen molar-refractivity contribution >= 4 is 5.91 Å². The summed E-state index contributed by atoms with van der Waals surface area (Å²) in [6.07, 6.45) is 9.93. The molecule has 3 rings (SSSR count). The van der Waals surface area contributed by atoms with Crippen LogP contribution in [0, 0.1) is 0 Å². The van der Waals surface area contributed by atoms with Crippen LogP contribution in [0.1, 0.15) is 51.9 Å². The molecule has 1 amide bonds. The molecule has 0 spiro atoms. The largest absolute Gasteiger partial charge is 0.376 e. The Morgan fingerprint density at radius 3 is 3.10 bits per heavy atom. The van der Waals surface area contributed by atoms with Crippen molar-refractivity contribution in [1.29, 1.82) is 0 Å². The van der Waals surface area contributed by atoms with Gasteiger partial charge in [-0.3, -0.25) is 4.79 Å². The van der Waals surface area contributed by atoms with Crippen LogP contribution < -0.4 is 0 Å². The van der Waals surface area contributed by atoms with Crippen LogP contribution in [-0.2, 0) is 14.3 Å². The van der Waals surface area contributed by atoms with Gasteiger partial charge < -0.3 is 14.4 Å². The molecule has 1 heterocycles. The Balaban J connectivity index is 1.62. The second-order valence-corrected chi connectivity index (χ2v) is 6.35. The first-order valence-corrected chi connectivity index (χ1v) is 8.50. The number of carbonyl (C=O) groups is 1. The number of amides is 1. The van der Waals surface area contributed by atoms with Crippen molar-refractivity contribution in [2.45, 2.75) is 70.1 Å². The molecule has 2 aliphatic carbocycles. The number of morpholine rings is 1. The van der Waals surface area contributed by atoms with Gasteiger partial charge in [-0.05, 0) is 45.4 Å². The Bertz CT molecular complexity index is 407. The van der Waals surface area contributed by atoms with Gasteiger partial charge in [-0.1, -0.05) is 11.6 Å². The highest BCUT2D eigenvalue weighted by atomic mass is 16.5. The van der Waals surface area contributed by atoms with E-state index in [2.05, 4.69) is 11.0 Å². The first-order valence-electron chi connectivity index (χ1n) is 8.50. The number of fused-ring (bicyclic) bond motifs is 1. The first-order chi connectivity index (χ1) is 10.3. The fourth-order valence-corrected chi connectivity index (χ4v) is 3.98. The molecule has 3 atom stereocenters. The van der Waals surface area contributed by atoms with Gasteiger partial charge in [-0.15, -0.1) is 0 Å². The van der Waals surface area contributed by atoms with Gasteiger partial charge in [0, 0.05) is 19.6 Å². The highest BCUT2D eigenvalue weighted by Crippen LogP contribution is 2.33. The summed E-state index contributed by atoms with van der Waals surface area (Å²) in [5, 5.41) is 0. The van der Waals surface area contributed by atoms with Crippen molar-refractivity contribution in [3.8, 4) is 0 Å². The number of allylic oxidation sites excluding steroid dienone is 1. The maximum absolute atomic E-state index is 12.7. The smallest absolute Gasteiger partial charge is 0.227 e. The Hall–Kier alpha value is -0.870. The third-order valence-electron chi connectivity index (χ3n) is 5.00. The standard InChI is InChI=1S/C17H27NO3/c1-2-20-15-9-8-14-17(15)21-11-10-18(14)16(19)12-13-6-4-3-5-7-13/h6,14-15,17H,2-5,7-12H2,1H3/t14-,15-,17+/m0/s1. The summed E-state index contributed by atoms with van der Waals surface area (Å²) in [6, 6.07) is 0.229.